The van der Waals surface area contributed by atoms with Crippen LogP contribution in [0.5, 0.6) is 0 Å². The van der Waals surface area contributed by atoms with Gasteiger partial charge in [-0.25, -0.2) is 8.78 Å². The van der Waals surface area contributed by atoms with Crippen LogP contribution in [0, 0.1) is 5.92 Å². The zero-order valence-electron chi connectivity index (χ0n) is 11.2. The molecule has 3 atom stereocenters. The van der Waals surface area contributed by atoms with Crippen LogP contribution in [-0.2, 0) is 4.79 Å². The fourth-order valence-electron chi connectivity index (χ4n) is 3.13. The normalized spacial score (nSPS) is 32.5. The van der Waals surface area contributed by atoms with Crippen molar-refractivity contribution in [2.45, 2.75) is 44.2 Å². The fraction of sp³-hybridized carbons (Fsp3) is 0.533. The molecule has 2 N–H and O–H groups in total. The maximum atomic E-state index is 13.6. The van der Waals surface area contributed by atoms with Crippen molar-refractivity contribution in [2.24, 2.45) is 5.92 Å². The van der Waals surface area contributed by atoms with Crippen LogP contribution in [-0.4, -0.2) is 17.9 Å². The summed E-state index contributed by atoms with van der Waals surface area (Å²) in [4.78, 5) is 12.1. The molecule has 0 amide bonds. The number of nitrogens with one attached hydrogen (secondary N) is 2. The van der Waals surface area contributed by atoms with Crippen LogP contribution in [0.3, 0.4) is 0 Å². The van der Waals surface area contributed by atoms with Crippen LogP contribution < -0.4 is 10.6 Å². The maximum Gasteiger partial charge on any atom is 0.169 e. The first-order valence-electron chi connectivity index (χ1n) is 7.15. The van der Waals surface area contributed by atoms with E-state index in [-0.39, 0.29) is 12.2 Å². The minimum atomic E-state index is -0.881. The Morgan fingerprint density at radius 1 is 1.20 bits per heavy atom. The van der Waals surface area contributed by atoms with Gasteiger partial charge in [-0.3, -0.25) is 4.79 Å². The molecule has 0 aromatic carbocycles. The molecule has 1 saturated carbocycles. The van der Waals surface area contributed by atoms with Gasteiger partial charge in [0.2, 0.25) is 0 Å². The molecule has 3 nitrogen and oxygen atoms in total. The van der Waals surface area contributed by atoms with Crippen molar-refractivity contribution >= 4 is 5.78 Å². The SMILES string of the molecule is O=C(C=C1N[C@H]2CCCC[C@@H]2N1)C1CC=C(F)C=C1F. The molecule has 3 rings (SSSR count). The van der Waals surface area contributed by atoms with Gasteiger partial charge in [-0.15, -0.1) is 0 Å². The van der Waals surface area contributed by atoms with E-state index in [1.54, 1.807) is 0 Å². The topological polar surface area (TPSA) is 41.1 Å². The lowest BCUT2D eigenvalue weighted by Crippen LogP contribution is -2.36. The summed E-state index contributed by atoms with van der Waals surface area (Å²) in [5.41, 5.74) is 0. The molecule has 108 valence electrons. The monoisotopic (exact) mass is 280 g/mol. The lowest BCUT2D eigenvalue weighted by Gasteiger charge is -2.23. The van der Waals surface area contributed by atoms with Crippen molar-refractivity contribution in [3.05, 3.63) is 35.7 Å². The van der Waals surface area contributed by atoms with Gasteiger partial charge in [0, 0.05) is 24.2 Å². The standard InChI is InChI=1S/C15H18F2N2O/c16-9-5-6-10(11(17)7-9)14(20)8-15-18-12-3-1-2-4-13(12)19-15/h5,7-8,10,12-13,18-19H,1-4,6H2/t10?,12-,13-/m0/s1. The molecular weight excluding hydrogens is 262 g/mol. The van der Waals surface area contributed by atoms with Gasteiger partial charge < -0.3 is 10.6 Å². The molecule has 20 heavy (non-hydrogen) atoms. The van der Waals surface area contributed by atoms with Gasteiger partial charge in [0.1, 0.15) is 17.5 Å². The summed E-state index contributed by atoms with van der Waals surface area (Å²) in [5.74, 6) is -1.83. The third-order valence-corrected chi connectivity index (χ3v) is 4.24. The predicted molar refractivity (Wildman–Crippen MR) is 71.9 cm³/mol. The molecule has 0 radical (unpaired) electrons. The number of carbonyl (C=O) groups excluding carboxylic acids is 1. The third kappa shape index (κ3) is 2.62. The Labute approximate surface area is 116 Å². The van der Waals surface area contributed by atoms with Crippen LogP contribution in [0.1, 0.15) is 32.1 Å². The average molecular weight is 280 g/mol. The quantitative estimate of drug-likeness (QED) is 0.764. The van der Waals surface area contributed by atoms with E-state index < -0.39 is 17.6 Å². The fourth-order valence-corrected chi connectivity index (χ4v) is 3.13. The Bertz CT molecular complexity index is 494. The second-order valence-electron chi connectivity index (χ2n) is 5.65. The number of fused-ring (bicyclic) bond motifs is 1. The summed E-state index contributed by atoms with van der Waals surface area (Å²) in [5, 5.41) is 6.57. The van der Waals surface area contributed by atoms with Gasteiger partial charge >= 0.3 is 0 Å². The summed E-state index contributed by atoms with van der Waals surface area (Å²) in [6.45, 7) is 0. The molecule has 1 unspecified atom stereocenters. The van der Waals surface area contributed by atoms with Crippen LogP contribution in [0.15, 0.2) is 35.7 Å². The Kier molecular flexibility index (Phi) is 3.59. The highest BCUT2D eigenvalue weighted by Crippen LogP contribution is 2.28. The largest absolute Gasteiger partial charge is 0.367 e. The molecule has 2 fully saturated rings. The molecule has 1 aliphatic heterocycles. The van der Waals surface area contributed by atoms with Crippen molar-refractivity contribution < 1.29 is 13.6 Å². The molecular formula is C15H18F2N2O. The lowest BCUT2D eigenvalue weighted by atomic mass is 9.92. The van der Waals surface area contributed by atoms with Crippen LogP contribution in [0.2, 0.25) is 0 Å². The number of ketones is 1. The van der Waals surface area contributed by atoms with Gasteiger partial charge in [0.15, 0.2) is 5.78 Å². The molecule has 0 bridgehead atoms. The molecule has 2 aliphatic carbocycles. The lowest BCUT2D eigenvalue weighted by molar-refractivity contribution is -0.117. The molecule has 0 aromatic rings. The number of allylic oxidation sites excluding steroid dienone is 5. The van der Waals surface area contributed by atoms with E-state index >= 15 is 0 Å². The summed E-state index contributed by atoms with van der Waals surface area (Å²) >= 11 is 0. The number of hydrogen-bond donors (Lipinski definition) is 2. The van der Waals surface area contributed by atoms with E-state index in [0.717, 1.165) is 18.9 Å². The first-order chi connectivity index (χ1) is 9.63. The van der Waals surface area contributed by atoms with Crippen molar-refractivity contribution in [1.29, 1.82) is 0 Å². The summed E-state index contributed by atoms with van der Waals surface area (Å²) in [7, 11) is 0. The minimum absolute atomic E-state index is 0.0869. The van der Waals surface area contributed by atoms with Crippen molar-refractivity contribution in [3.63, 3.8) is 0 Å². The van der Waals surface area contributed by atoms with Crippen LogP contribution >= 0.6 is 0 Å². The van der Waals surface area contributed by atoms with Gasteiger partial charge in [-0.05, 0) is 25.3 Å². The Balaban J connectivity index is 1.67. The number of hydrogen-bond acceptors (Lipinski definition) is 3. The second kappa shape index (κ2) is 5.38. The summed E-state index contributed by atoms with van der Waals surface area (Å²) in [6.07, 6.45) is 8.13. The summed E-state index contributed by atoms with van der Waals surface area (Å²) < 4.78 is 26.5. The smallest absolute Gasteiger partial charge is 0.169 e. The van der Waals surface area contributed by atoms with E-state index in [9.17, 15) is 13.6 Å². The third-order valence-electron chi connectivity index (χ3n) is 4.24. The predicted octanol–water partition coefficient (Wildman–Crippen LogP) is 2.63. The zero-order valence-corrected chi connectivity index (χ0v) is 11.2. The van der Waals surface area contributed by atoms with E-state index in [1.165, 1.54) is 25.0 Å². The first kappa shape index (κ1) is 13.3. The number of rotatable bonds is 2. The molecule has 0 spiro atoms. The Morgan fingerprint density at radius 2 is 1.85 bits per heavy atom. The Hall–Kier alpha value is -1.65. The highest BCUT2D eigenvalue weighted by molar-refractivity contribution is 5.94. The van der Waals surface area contributed by atoms with E-state index in [0.29, 0.717) is 17.9 Å². The van der Waals surface area contributed by atoms with Crippen molar-refractivity contribution in [1.82, 2.24) is 10.6 Å². The van der Waals surface area contributed by atoms with Gasteiger partial charge in [0.25, 0.3) is 0 Å². The molecule has 1 heterocycles. The Morgan fingerprint density at radius 3 is 2.45 bits per heavy atom. The number of carbonyl (C=O) groups is 1. The van der Waals surface area contributed by atoms with E-state index in [4.69, 9.17) is 0 Å². The average Bonchev–Trinajstić information content (AvgIpc) is 2.80. The molecule has 5 heteroatoms. The maximum absolute atomic E-state index is 13.6. The molecule has 1 saturated heterocycles. The molecule has 3 aliphatic rings. The number of halogens is 2. The van der Waals surface area contributed by atoms with Gasteiger partial charge in [-0.1, -0.05) is 12.8 Å². The van der Waals surface area contributed by atoms with E-state index in [2.05, 4.69) is 10.6 Å². The van der Waals surface area contributed by atoms with Gasteiger partial charge in [0.05, 0.1) is 5.92 Å². The van der Waals surface area contributed by atoms with E-state index in [1.807, 2.05) is 0 Å². The van der Waals surface area contributed by atoms with Crippen LogP contribution in [0.4, 0.5) is 8.78 Å². The van der Waals surface area contributed by atoms with Crippen molar-refractivity contribution in [3.8, 4) is 0 Å². The highest BCUT2D eigenvalue weighted by Gasteiger charge is 2.32. The van der Waals surface area contributed by atoms with Crippen LogP contribution in [0.25, 0.3) is 0 Å². The second-order valence-corrected chi connectivity index (χ2v) is 5.65. The summed E-state index contributed by atoms with van der Waals surface area (Å²) in [6, 6.07) is 0.735. The van der Waals surface area contributed by atoms with Gasteiger partial charge in [-0.2, -0.15) is 0 Å². The first-order valence-corrected chi connectivity index (χ1v) is 7.15. The minimum Gasteiger partial charge on any atom is -0.367 e. The van der Waals surface area contributed by atoms with Crippen molar-refractivity contribution in [2.75, 3.05) is 0 Å². The zero-order chi connectivity index (χ0) is 14.1. The molecule has 0 aromatic heterocycles. The highest BCUT2D eigenvalue weighted by atomic mass is 19.1.